The van der Waals surface area contributed by atoms with Crippen LogP contribution in [0.1, 0.15) is 22.8 Å². The number of hydrogen-bond acceptors (Lipinski definition) is 3. The molecule has 0 amide bonds. The molecule has 74 valence electrons. The highest BCUT2D eigenvalue weighted by Gasteiger charge is 2.28. The summed E-state index contributed by atoms with van der Waals surface area (Å²) in [6, 6.07) is 3.22. The van der Waals surface area contributed by atoms with Crippen LogP contribution in [0.2, 0.25) is 0 Å². The molecule has 0 fully saturated rings. The summed E-state index contributed by atoms with van der Waals surface area (Å²) in [5.74, 6) is -0.461. The number of carbonyl (C=O) groups is 1. The number of phenolic OH excluding ortho intramolecular Hbond substituents is 1. The minimum Gasteiger partial charge on any atom is -0.507 e. The molecule has 0 bridgehead atoms. The van der Waals surface area contributed by atoms with E-state index in [-0.39, 0.29) is 17.4 Å². The Bertz CT molecular complexity index is 401. The molecule has 1 atom stereocenters. The van der Waals surface area contributed by atoms with E-state index in [0.717, 1.165) is 10.0 Å². The summed E-state index contributed by atoms with van der Waals surface area (Å²) >= 11 is 3.35. The molecule has 2 rings (SSSR count). The average Bonchev–Trinajstić information content (AvgIpc) is 2.10. The maximum Gasteiger partial charge on any atom is 0.342 e. The number of esters is 1. The van der Waals surface area contributed by atoms with Gasteiger partial charge in [0.2, 0.25) is 0 Å². The van der Waals surface area contributed by atoms with Crippen molar-refractivity contribution in [2.24, 2.45) is 0 Å². The van der Waals surface area contributed by atoms with E-state index in [0.29, 0.717) is 6.42 Å². The first-order valence-electron chi connectivity index (χ1n) is 4.31. The van der Waals surface area contributed by atoms with Gasteiger partial charge in [0.1, 0.15) is 17.4 Å². The van der Waals surface area contributed by atoms with Gasteiger partial charge in [-0.1, -0.05) is 15.9 Å². The highest BCUT2D eigenvalue weighted by molar-refractivity contribution is 9.10. The fourth-order valence-corrected chi connectivity index (χ4v) is 2.10. The van der Waals surface area contributed by atoms with Gasteiger partial charge in [0.25, 0.3) is 0 Å². The first-order chi connectivity index (χ1) is 6.59. The van der Waals surface area contributed by atoms with Gasteiger partial charge in [0.05, 0.1) is 0 Å². The lowest BCUT2D eigenvalue weighted by molar-refractivity contribution is 0.0296. The van der Waals surface area contributed by atoms with Crippen molar-refractivity contribution in [2.75, 3.05) is 0 Å². The van der Waals surface area contributed by atoms with Crippen LogP contribution in [0.5, 0.6) is 5.75 Å². The Hall–Kier alpha value is -1.03. The summed E-state index contributed by atoms with van der Waals surface area (Å²) in [6.07, 6.45) is 0.504. The largest absolute Gasteiger partial charge is 0.507 e. The van der Waals surface area contributed by atoms with Crippen molar-refractivity contribution in [3.63, 3.8) is 0 Å². The second-order valence-corrected chi connectivity index (χ2v) is 4.19. The molecule has 1 heterocycles. The van der Waals surface area contributed by atoms with Crippen molar-refractivity contribution in [3.8, 4) is 5.75 Å². The quantitative estimate of drug-likeness (QED) is 0.725. The van der Waals surface area contributed by atoms with Gasteiger partial charge in [-0.25, -0.2) is 4.79 Å². The van der Waals surface area contributed by atoms with Crippen molar-refractivity contribution in [2.45, 2.75) is 19.4 Å². The number of ether oxygens (including phenoxy) is 1. The SMILES string of the molecule is CC1Cc2c(Br)ccc(O)c2C(=O)O1. The summed E-state index contributed by atoms with van der Waals surface area (Å²) in [6.45, 7) is 1.83. The van der Waals surface area contributed by atoms with Crippen LogP contribution in [0.15, 0.2) is 16.6 Å². The number of carbonyl (C=O) groups excluding carboxylic acids is 1. The standard InChI is InChI=1S/C10H9BrO3/c1-5-4-6-7(11)2-3-8(12)9(6)10(13)14-5/h2-3,5,12H,4H2,1H3. The molecule has 1 aromatic carbocycles. The molecule has 1 N–H and O–H groups in total. The van der Waals surface area contributed by atoms with E-state index in [9.17, 15) is 9.90 Å². The van der Waals surface area contributed by atoms with Gasteiger partial charge in [0, 0.05) is 10.9 Å². The van der Waals surface area contributed by atoms with Crippen LogP contribution < -0.4 is 0 Å². The first kappa shape index (κ1) is 9.52. The van der Waals surface area contributed by atoms with Crippen molar-refractivity contribution in [3.05, 3.63) is 27.7 Å². The lowest BCUT2D eigenvalue weighted by Crippen LogP contribution is -2.25. The zero-order chi connectivity index (χ0) is 10.3. The van der Waals surface area contributed by atoms with Gasteiger partial charge in [-0.15, -0.1) is 0 Å². The lowest BCUT2D eigenvalue weighted by Gasteiger charge is -2.23. The Labute approximate surface area is 89.8 Å². The molecule has 14 heavy (non-hydrogen) atoms. The van der Waals surface area contributed by atoms with E-state index < -0.39 is 5.97 Å². The molecular formula is C10H9BrO3. The third-order valence-corrected chi connectivity index (χ3v) is 2.98. The number of phenols is 1. The van der Waals surface area contributed by atoms with Gasteiger partial charge in [0.15, 0.2) is 0 Å². The molecule has 4 heteroatoms. The third kappa shape index (κ3) is 1.39. The Morgan fingerprint density at radius 2 is 2.29 bits per heavy atom. The van der Waals surface area contributed by atoms with Gasteiger partial charge < -0.3 is 9.84 Å². The monoisotopic (exact) mass is 256 g/mol. The smallest absolute Gasteiger partial charge is 0.342 e. The molecule has 1 aliphatic rings. The van der Waals surface area contributed by atoms with E-state index in [2.05, 4.69) is 15.9 Å². The summed E-state index contributed by atoms with van der Waals surface area (Å²) < 4.78 is 5.87. The van der Waals surface area contributed by atoms with Crippen LogP contribution in [-0.4, -0.2) is 17.2 Å². The van der Waals surface area contributed by atoms with Crippen LogP contribution in [0.25, 0.3) is 0 Å². The van der Waals surface area contributed by atoms with Crippen LogP contribution >= 0.6 is 15.9 Å². The number of halogens is 1. The van der Waals surface area contributed by atoms with E-state index in [4.69, 9.17) is 4.74 Å². The average molecular weight is 257 g/mol. The van der Waals surface area contributed by atoms with Crippen LogP contribution in [0, 0.1) is 0 Å². The molecule has 1 aromatic rings. The maximum absolute atomic E-state index is 11.5. The lowest BCUT2D eigenvalue weighted by atomic mass is 9.98. The Kier molecular flexibility index (Phi) is 2.23. The molecule has 1 aliphatic heterocycles. The fraction of sp³-hybridized carbons (Fsp3) is 0.300. The first-order valence-corrected chi connectivity index (χ1v) is 5.10. The van der Waals surface area contributed by atoms with E-state index in [1.54, 1.807) is 6.07 Å². The molecule has 0 radical (unpaired) electrons. The molecule has 0 saturated carbocycles. The Morgan fingerprint density at radius 3 is 3.00 bits per heavy atom. The number of fused-ring (bicyclic) bond motifs is 1. The highest BCUT2D eigenvalue weighted by atomic mass is 79.9. The van der Waals surface area contributed by atoms with E-state index in [1.807, 2.05) is 6.92 Å². The van der Waals surface area contributed by atoms with Crippen molar-refractivity contribution in [1.29, 1.82) is 0 Å². The summed E-state index contributed by atoms with van der Waals surface area (Å²) in [4.78, 5) is 11.5. The Morgan fingerprint density at radius 1 is 1.57 bits per heavy atom. The van der Waals surface area contributed by atoms with Gasteiger partial charge in [-0.05, 0) is 24.6 Å². The summed E-state index contributed by atoms with van der Waals surface area (Å²) in [7, 11) is 0. The van der Waals surface area contributed by atoms with E-state index in [1.165, 1.54) is 6.07 Å². The number of aromatic hydroxyl groups is 1. The van der Waals surface area contributed by atoms with Crippen molar-refractivity contribution < 1.29 is 14.6 Å². The minimum atomic E-state index is -0.447. The van der Waals surface area contributed by atoms with E-state index >= 15 is 0 Å². The molecule has 0 aromatic heterocycles. The van der Waals surface area contributed by atoms with Gasteiger partial charge >= 0.3 is 5.97 Å². The van der Waals surface area contributed by atoms with Crippen molar-refractivity contribution in [1.82, 2.24) is 0 Å². The zero-order valence-electron chi connectivity index (χ0n) is 7.58. The minimum absolute atomic E-state index is 0.0138. The number of cyclic esters (lactones) is 1. The van der Waals surface area contributed by atoms with Crippen LogP contribution in [0.4, 0.5) is 0 Å². The molecule has 3 nitrogen and oxygen atoms in total. The molecule has 0 saturated heterocycles. The highest BCUT2D eigenvalue weighted by Crippen LogP contribution is 2.33. The summed E-state index contributed by atoms with van der Waals surface area (Å²) in [5.41, 5.74) is 1.12. The van der Waals surface area contributed by atoms with Gasteiger partial charge in [-0.3, -0.25) is 0 Å². The third-order valence-electron chi connectivity index (χ3n) is 2.24. The summed E-state index contributed by atoms with van der Waals surface area (Å²) in [5, 5.41) is 9.52. The topological polar surface area (TPSA) is 46.5 Å². The second-order valence-electron chi connectivity index (χ2n) is 3.34. The normalized spacial score (nSPS) is 20.1. The second kappa shape index (κ2) is 3.28. The zero-order valence-corrected chi connectivity index (χ0v) is 9.17. The molecule has 1 unspecified atom stereocenters. The number of rotatable bonds is 0. The van der Waals surface area contributed by atoms with Gasteiger partial charge in [-0.2, -0.15) is 0 Å². The number of benzene rings is 1. The molecular weight excluding hydrogens is 248 g/mol. The van der Waals surface area contributed by atoms with Crippen LogP contribution in [0.3, 0.4) is 0 Å². The maximum atomic E-state index is 11.5. The van der Waals surface area contributed by atoms with Crippen molar-refractivity contribution >= 4 is 21.9 Å². The number of hydrogen-bond donors (Lipinski definition) is 1. The fourth-order valence-electron chi connectivity index (χ4n) is 1.61. The molecule has 0 aliphatic carbocycles. The predicted molar refractivity (Wildman–Crippen MR) is 54.4 cm³/mol. The predicted octanol–water partition coefficient (Wildman–Crippen LogP) is 2.26. The van der Waals surface area contributed by atoms with Crippen LogP contribution in [-0.2, 0) is 11.2 Å². The Balaban J connectivity index is 2.63. The molecule has 0 spiro atoms.